The molecular weight excluding hydrogens is 480 g/mol. The molecule has 34 heavy (non-hydrogen) atoms. The van der Waals surface area contributed by atoms with E-state index in [2.05, 4.69) is 10.3 Å². The van der Waals surface area contributed by atoms with Gasteiger partial charge in [0.1, 0.15) is 5.69 Å². The van der Waals surface area contributed by atoms with Gasteiger partial charge in [0.2, 0.25) is 0 Å². The number of sulfone groups is 1. The fraction of sp³-hybridized carbons (Fsp3) is 0.522. The second-order valence-corrected chi connectivity index (χ2v) is 12.6. The van der Waals surface area contributed by atoms with Crippen LogP contribution in [0.4, 0.5) is 0 Å². The molecule has 11 heteroatoms. The first-order valence-electron chi connectivity index (χ1n) is 11.3. The molecule has 2 aliphatic carbocycles. The molecule has 1 aliphatic heterocycles. The Morgan fingerprint density at radius 2 is 1.82 bits per heavy atom. The number of imidazole rings is 1. The third-order valence-corrected chi connectivity index (χ3v) is 10.8. The van der Waals surface area contributed by atoms with Crippen LogP contribution >= 0.6 is 11.6 Å². The predicted molar refractivity (Wildman–Crippen MR) is 125 cm³/mol. The lowest BCUT2D eigenvalue weighted by Gasteiger charge is -2.33. The normalized spacial score (nSPS) is 20.1. The summed E-state index contributed by atoms with van der Waals surface area (Å²) in [5.74, 6) is -0.504. The number of hydrogen-bond donors (Lipinski definition) is 1. The van der Waals surface area contributed by atoms with Gasteiger partial charge in [-0.05, 0) is 43.4 Å². The fourth-order valence-corrected chi connectivity index (χ4v) is 7.73. The summed E-state index contributed by atoms with van der Waals surface area (Å²) in [6, 6.07) is 7.15. The smallest absolute Gasteiger partial charge is 0.287 e. The van der Waals surface area contributed by atoms with Gasteiger partial charge >= 0.3 is 0 Å². The largest absolute Gasteiger partial charge is 0.383 e. The maximum Gasteiger partial charge on any atom is 0.287 e. The van der Waals surface area contributed by atoms with Gasteiger partial charge in [-0.1, -0.05) is 23.7 Å². The van der Waals surface area contributed by atoms with Crippen LogP contribution in [-0.4, -0.2) is 71.0 Å². The lowest BCUT2D eigenvalue weighted by atomic mass is 10.2. The first-order valence-corrected chi connectivity index (χ1v) is 13.2. The van der Waals surface area contributed by atoms with Crippen LogP contribution < -0.4 is 5.32 Å². The van der Waals surface area contributed by atoms with Crippen LogP contribution in [-0.2, 0) is 27.7 Å². The van der Waals surface area contributed by atoms with E-state index >= 15 is 0 Å². The number of halogens is 1. The Balaban J connectivity index is 1.27. The standard InChI is InChI=1S/C23H27ClN4O5S/c1-33-15-23(8-9-23)34(31,32)22(6-7-22)14-27-10-11-28-18(21(27)30)13-25-19(28)20(29)26-12-16-2-4-17(24)5-3-16/h2-5,13H,6-12,14-15H2,1H3,(H,26,29). The average molecular weight is 507 g/mol. The van der Waals surface area contributed by atoms with E-state index in [4.69, 9.17) is 16.3 Å². The van der Waals surface area contributed by atoms with Crippen LogP contribution in [0.5, 0.6) is 0 Å². The van der Waals surface area contributed by atoms with E-state index in [0.29, 0.717) is 56.0 Å². The number of amides is 2. The third kappa shape index (κ3) is 3.81. The molecule has 9 nitrogen and oxygen atoms in total. The Morgan fingerprint density at radius 1 is 1.15 bits per heavy atom. The molecule has 5 rings (SSSR count). The number of nitrogens with one attached hydrogen (secondary N) is 1. The van der Waals surface area contributed by atoms with Crippen molar-refractivity contribution in [3.05, 3.63) is 52.6 Å². The molecule has 2 saturated carbocycles. The van der Waals surface area contributed by atoms with Crippen molar-refractivity contribution < 1.29 is 22.7 Å². The third-order valence-electron chi connectivity index (χ3n) is 7.17. The second-order valence-electron chi connectivity index (χ2n) is 9.46. The number of fused-ring (bicyclic) bond motifs is 1. The highest BCUT2D eigenvalue weighted by atomic mass is 35.5. The number of aromatic nitrogens is 2. The fourth-order valence-electron chi connectivity index (χ4n) is 4.80. The summed E-state index contributed by atoms with van der Waals surface area (Å²) in [4.78, 5) is 31.7. The first kappa shape index (κ1) is 23.3. The second kappa shape index (κ2) is 8.35. The maximum atomic E-state index is 13.4. The number of ether oxygens (including phenoxy) is 1. The quantitative estimate of drug-likeness (QED) is 0.557. The topological polar surface area (TPSA) is 111 Å². The molecule has 182 valence electrons. The molecule has 0 atom stereocenters. The van der Waals surface area contributed by atoms with Gasteiger partial charge < -0.3 is 19.5 Å². The lowest BCUT2D eigenvalue weighted by Crippen LogP contribution is -2.50. The number of carbonyl (C=O) groups is 2. The molecule has 0 bridgehead atoms. The molecule has 2 amide bonds. The van der Waals surface area contributed by atoms with Gasteiger partial charge in [-0.15, -0.1) is 0 Å². The van der Waals surface area contributed by atoms with Gasteiger partial charge in [0.25, 0.3) is 11.8 Å². The van der Waals surface area contributed by atoms with E-state index in [1.54, 1.807) is 21.6 Å². The zero-order valence-electron chi connectivity index (χ0n) is 18.9. The van der Waals surface area contributed by atoms with Crippen LogP contribution in [0.2, 0.25) is 5.02 Å². The van der Waals surface area contributed by atoms with Gasteiger partial charge in [-0.25, -0.2) is 13.4 Å². The molecule has 2 heterocycles. The summed E-state index contributed by atoms with van der Waals surface area (Å²) in [5, 5.41) is 3.44. The Bertz CT molecular complexity index is 1230. The molecule has 0 unspecified atom stereocenters. The maximum absolute atomic E-state index is 13.4. The van der Waals surface area contributed by atoms with Gasteiger partial charge in [-0.3, -0.25) is 9.59 Å². The van der Waals surface area contributed by atoms with E-state index < -0.39 is 19.3 Å². The van der Waals surface area contributed by atoms with E-state index in [0.717, 1.165) is 5.56 Å². The molecule has 1 aromatic carbocycles. The molecule has 0 radical (unpaired) electrons. The van der Waals surface area contributed by atoms with Crippen molar-refractivity contribution in [2.24, 2.45) is 0 Å². The monoisotopic (exact) mass is 506 g/mol. The molecule has 0 saturated heterocycles. The minimum Gasteiger partial charge on any atom is -0.383 e. The van der Waals surface area contributed by atoms with Gasteiger partial charge in [0, 0.05) is 38.3 Å². The van der Waals surface area contributed by atoms with Gasteiger partial charge in [0.05, 0.1) is 22.3 Å². The van der Waals surface area contributed by atoms with E-state index in [9.17, 15) is 18.0 Å². The summed E-state index contributed by atoms with van der Waals surface area (Å²) in [7, 11) is -1.92. The van der Waals surface area contributed by atoms with Crippen molar-refractivity contribution in [2.45, 2.75) is 48.3 Å². The Kier molecular flexibility index (Phi) is 5.73. The highest BCUT2D eigenvalue weighted by Crippen LogP contribution is 2.56. The minimum atomic E-state index is -3.44. The zero-order chi connectivity index (χ0) is 24.1. The molecule has 1 N–H and O–H groups in total. The van der Waals surface area contributed by atoms with E-state index in [1.165, 1.54) is 13.3 Å². The summed E-state index contributed by atoms with van der Waals surface area (Å²) < 4.78 is 32.0. The van der Waals surface area contributed by atoms with Crippen LogP contribution in [0, 0.1) is 0 Å². The van der Waals surface area contributed by atoms with Crippen LogP contribution in [0.3, 0.4) is 0 Å². The molecule has 0 spiro atoms. The number of carbonyl (C=O) groups excluding carboxylic acids is 2. The summed E-state index contributed by atoms with van der Waals surface area (Å²) >= 11 is 5.89. The predicted octanol–water partition coefficient (Wildman–Crippen LogP) is 2.05. The van der Waals surface area contributed by atoms with Crippen LogP contribution in [0.1, 0.15) is 52.4 Å². The van der Waals surface area contributed by atoms with Gasteiger partial charge in [-0.2, -0.15) is 0 Å². The molecule has 2 aromatic rings. The number of benzene rings is 1. The van der Waals surface area contributed by atoms with E-state index in [-0.39, 0.29) is 30.8 Å². The van der Waals surface area contributed by atoms with Crippen LogP contribution in [0.15, 0.2) is 30.5 Å². The summed E-state index contributed by atoms with van der Waals surface area (Å²) in [6.07, 6.45) is 3.73. The number of rotatable bonds is 9. The van der Waals surface area contributed by atoms with E-state index in [1.807, 2.05) is 12.1 Å². The van der Waals surface area contributed by atoms with Crippen molar-refractivity contribution in [2.75, 3.05) is 26.8 Å². The Morgan fingerprint density at radius 3 is 2.44 bits per heavy atom. The molecular formula is C23H27ClN4O5S. The Labute approximate surface area is 203 Å². The van der Waals surface area contributed by atoms with Crippen LogP contribution in [0.25, 0.3) is 0 Å². The highest BCUT2D eigenvalue weighted by molar-refractivity contribution is 7.94. The molecule has 3 aliphatic rings. The Hall–Kier alpha value is -2.43. The zero-order valence-corrected chi connectivity index (χ0v) is 20.5. The number of hydrogen-bond acceptors (Lipinski definition) is 6. The lowest BCUT2D eigenvalue weighted by molar-refractivity contribution is 0.0698. The number of methoxy groups -OCH3 is 1. The summed E-state index contributed by atoms with van der Waals surface area (Å²) in [5.41, 5.74) is 1.19. The summed E-state index contributed by atoms with van der Waals surface area (Å²) in [6.45, 7) is 1.38. The highest BCUT2D eigenvalue weighted by Gasteiger charge is 2.67. The number of nitrogens with zero attached hydrogens (tertiary/aromatic N) is 3. The minimum absolute atomic E-state index is 0.169. The van der Waals surface area contributed by atoms with Gasteiger partial charge in [0.15, 0.2) is 15.7 Å². The average Bonchev–Trinajstić information content (AvgIpc) is 3.73. The van der Waals surface area contributed by atoms with Crippen molar-refractivity contribution >= 4 is 33.3 Å². The molecule has 1 aromatic heterocycles. The first-order chi connectivity index (χ1) is 16.2. The SMILES string of the molecule is COCC1(S(=O)(=O)C2(CN3CCn4c(cnc4C(=O)NCc4ccc(Cl)cc4)C3=O)CC2)CC1. The molecule has 2 fully saturated rings. The van der Waals surface area contributed by atoms with Crippen molar-refractivity contribution in [1.82, 2.24) is 19.8 Å². The van der Waals surface area contributed by atoms with Crippen molar-refractivity contribution in [3.63, 3.8) is 0 Å². The van der Waals surface area contributed by atoms with Crippen molar-refractivity contribution in [3.8, 4) is 0 Å². The van der Waals surface area contributed by atoms with Crippen molar-refractivity contribution in [1.29, 1.82) is 0 Å².